The third kappa shape index (κ3) is 2.88. The highest BCUT2D eigenvalue weighted by Gasteiger charge is 2.40. The quantitative estimate of drug-likeness (QED) is 0.617. The first kappa shape index (κ1) is 14.7. The van der Waals surface area contributed by atoms with Crippen LogP contribution in [0.1, 0.15) is 25.7 Å². The Morgan fingerprint density at radius 1 is 1.17 bits per heavy atom. The molecule has 0 bridgehead atoms. The predicted octanol–water partition coefficient (Wildman–Crippen LogP) is 0.0355. The zero-order chi connectivity index (χ0) is 12.4. The second kappa shape index (κ2) is 5.97. The van der Waals surface area contributed by atoms with Crippen LogP contribution >= 0.6 is 0 Å². The Hall–Kier alpha value is -1.40. The number of carbonyl (C=O) groups is 2. The van der Waals surface area contributed by atoms with Crippen LogP contribution in [0.4, 0.5) is 0 Å². The Morgan fingerprint density at radius 3 is 2.44 bits per heavy atom. The van der Waals surface area contributed by atoms with Gasteiger partial charge in [-0.3, -0.25) is 0 Å². The molecule has 3 unspecified atom stereocenters. The lowest BCUT2D eigenvalue weighted by atomic mass is 9.76. The van der Waals surface area contributed by atoms with E-state index in [2.05, 4.69) is 5.32 Å². The highest BCUT2D eigenvalue weighted by Crippen LogP contribution is 2.38. The van der Waals surface area contributed by atoms with Crippen molar-refractivity contribution in [2.75, 3.05) is 6.54 Å². The third-order valence-electron chi connectivity index (χ3n) is 3.86. The molecule has 2 rings (SSSR count). The number of fused-ring (bicyclic) bond motifs is 1. The number of rotatable bonds is 3. The average Bonchev–Trinajstić information content (AvgIpc) is 2.69. The van der Waals surface area contributed by atoms with Gasteiger partial charge < -0.3 is 21.0 Å². The van der Waals surface area contributed by atoms with Crippen molar-refractivity contribution in [2.24, 2.45) is 11.8 Å². The molecule has 102 valence electrons. The molecular formula is C12H19NO5. The highest BCUT2D eigenvalue weighted by atomic mass is 16.4. The summed E-state index contributed by atoms with van der Waals surface area (Å²) < 4.78 is 0. The zero-order valence-electron chi connectivity index (χ0n) is 10.1. The van der Waals surface area contributed by atoms with Gasteiger partial charge in [-0.25, -0.2) is 9.59 Å². The van der Waals surface area contributed by atoms with Crippen molar-refractivity contribution in [1.82, 2.24) is 5.32 Å². The number of nitrogens with one attached hydrogen (secondary N) is 1. The van der Waals surface area contributed by atoms with E-state index < -0.39 is 11.9 Å². The van der Waals surface area contributed by atoms with Gasteiger partial charge in [0.15, 0.2) is 0 Å². The molecule has 1 aliphatic carbocycles. The third-order valence-corrected chi connectivity index (χ3v) is 3.86. The maximum Gasteiger partial charge on any atom is 0.333 e. The van der Waals surface area contributed by atoms with Gasteiger partial charge in [0.05, 0.1) is 5.57 Å². The van der Waals surface area contributed by atoms with Crippen LogP contribution in [0.2, 0.25) is 0 Å². The standard InChI is InChI=1S/C12H17NO4.H2O/c14-10(15)5-9(12(16)17)11-8-4-2-1-3-7(8)6-13-11;/h5,7-8,11,13H,1-4,6H2,(H,14,15)(H,16,17);1H2/b9-5+;. The van der Waals surface area contributed by atoms with E-state index in [-0.39, 0.29) is 23.0 Å². The summed E-state index contributed by atoms with van der Waals surface area (Å²) in [7, 11) is 0. The van der Waals surface area contributed by atoms with Crippen LogP contribution in [0.5, 0.6) is 0 Å². The lowest BCUT2D eigenvalue weighted by Crippen LogP contribution is -2.34. The van der Waals surface area contributed by atoms with Crippen molar-refractivity contribution in [3.8, 4) is 0 Å². The normalized spacial score (nSPS) is 31.3. The van der Waals surface area contributed by atoms with Crippen LogP contribution in [-0.4, -0.2) is 40.2 Å². The smallest absolute Gasteiger partial charge is 0.333 e. The molecule has 1 saturated heterocycles. The minimum absolute atomic E-state index is 0. The first-order valence-corrected chi connectivity index (χ1v) is 6.01. The lowest BCUT2D eigenvalue weighted by Gasteiger charge is -2.28. The van der Waals surface area contributed by atoms with E-state index in [1.165, 1.54) is 6.42 Å². The molecule has 1 saturated carbocycles. The van der Waals surface area contributed by atoms with Crippen molar-refractivity contribution in [3.63, 3.8) is 0 Å². The van der Waals surface area contributed by atoms with Gasteiger partial charge in [0, 0.05) is 12.1 Å². The minimum Gasteiger partial charge on any atom is -0.478 e. The second-order valence-electron chi connectivity index (χ2n) is 4.84. The molecule has 0 aromatic heterocycles. The molecule has 1 heterocycles. The summed E-state index contributed by atoms with van der Waals surface area (Å²) in [5, 5.41) is 21.0. The summed E-state index contributed by atoms with van der Waals surface area (Å²) in [6, 6.07) is -0.297. The zero-order valence-corrected chi connectivity index (χ0v) is 10.1. The number of carboxylic acids is 2. The lowest BCUT2D eigenvalue weighted by molar-refractivity contribution is -0.135. The summed E-state index contributed by atoms with van der Waals surface area (Å²) in [6.07, 6.45) is 5.25. The summed E-state index contributed by atoms with van der Waals surface area (Å²) in [4.78, 5) is 21.8. The molecule has 6 heteroatoms. The summed E-state index contributed by atoms with van der Waals surface area (Å²) in [6.45, 7) is 0.805. The maximum atomic E-state index is 11.1. The molecule has 5 N–H and O–H groups in total. The Kier molecular flexibility index (Phi) is 4.86. The monoisotopic (exact) mass is 257 g/mol. The molecule has 2 fully saturated rings. The molecule has 0 spiro atoms. The van der Waals surface area contributed by atoms with Crippen LogP contribution in [-0.2, 0) is 9.59 Å². The van der Waals surface area contributed by atoms with E-state index in [1.807, 2.05) is 0 Å². The van der Waals surface area contributed by atoms with Crippen LogP contribution in [0, 0.1) is 11.8 Å². The van der Waals surface area contributed by atoms with Crippen LogP contribution in [0.15, 0.2) is 11.6 Å². The Labute approximate surface area is 105 Å². The number of hydrogen-bond donors (Lipinski definition) is 3. The number of aliphatic carboxylic acids is 2. The Balaban J connectivity index is 0.00000162. The fourth-order valence-corrected chi connectivity index (χ4v) is 3.12. The van der Waals surface area contributed by atoms with Crippen molar-refractivity contribution in [3.05, 3.63) is 11.6 Å². The molecule has 18 heavy (non-hydrogen) atoms. The summed E-state index contributed by atoms with van der Waals surface area (Å²) in [5.74, 6) is -1.53. The molecule has 0 aromatic carbocycles. The topological polar surface area (TPSA) is 118 Å². The van der Waals surface area contributed by atoms with Gasteiger partial charge >= 0.3 is 11.9 Å². The molecule has 1 aliphatic heterocycles. The minimum atomic E-state index is -1.19. The van der Waals surface area contributed by atoms with Crippen molar-refractivity contribution in [1.29, 1.82) is 0 Å². The first-order chi connectivity index (χ1) is 8.09. The maximum absolute atomic E-state index is 11.1. The van der Waals surface area contributed by atoms with E-state index in [0.29, 0.717) is 5.92 Å². The van der Waals surface area contributed by atoms with Crippen molar-refractivity contribution >= 4 is 11.9 Å². The fraction of sp³-hybridized carbons (Fsp3) is 0.667. The van der Waals surface area contributed by atoms with Gasteiger partial charge in [-0.1, -0.05) is 12.8 Å². The molecular weight excluding hydrogens is 238 g/mol. The average molecular weight is 257 g/mol. The van der Waals surface area contributed by atoms with E-state index in [4.69, 9.17) is 10.2 Å². The SMILES string of the molecule is O.O=C(O)/C=C(/C(=O)O)C1NCC2CCCCC21. The van der Waals surface area contributed by atoms with Crippen LogP contribution in [0.3, 0.4) is 0 Å². The largest absolute Gasteiger partial charge is 0.478 e. The van der Waals surface area contributed by atoms with Gasteiger partial charge in [-0.15, -0.1) is 0 Å². The highest BCUT2D eigenvalue weighted by molar-refractivity contribution is 5.95. The predicted molar refractivity (Wildman–Crippen MR) is 64.2 cm³/mol. The number of carboxylic acid groups (broad SMARTS) is 2. The molecule has 6 nitrogen and oxygen atoms in total. The van der Waals surface area contributed by atoms with E-state index in [0.717, 1.165) is 31.9 Å². The summed E-state index contributed by atoms with van der Waals surface area (Å²) in [5.41, 5.74) is -0.00750. The molecule has 2 aliphatic rings. The van der Waals surface area contributed by atoms with E-state index >= 15 is 0 Å². The molecule has 0 aromatic rings. The molecule has 0 radical (unpaired) electrons. The number of hydrogen-bond acceptors (Lipinski definition) is 3. The van der Waals surface area contributed by atoms with Crippen LogP contribution < -0.4 is 5.32 Å². The van der Waals surface area contributed by atoms with E-state index in [9.17, 15) is 9.59 Å². The fourth-order valence-electron chi connectivity index (χ4n) is 3.12. The van der Waals surface area contributed by atoms with Gasteiger partial charge in [-0.2, -0.15) is 0 Å². The van der Waals surface area contributed by atoms with Gasteiger partial charge in [0.2, 0.25) is 0 Å². The Morgan fingerprint density at radius 2 is 1.83 bits per heavy atom. The van der Waals surface area contributed by atoms with Gasteiger partial charge in [-0.05, 0) is 31.2 Å². The summed E-state index contributed by atoms with van der Waals surface area (Å²) >= 11 is 0. The second-order valence-corrected chi connectivity index (χ2v) is 4.84. The van der Waals surface area contributed by atoms with Gasteiger partial charge in [0.25, 0.3) is 0 Å². The van der Waals surface area contributed by atoms with E-state index in [1.54, 1.807) is 0 Å². The van der Waals surface area contributed by atoms with Crippen molar-refractivity contribution < 1.29 is 25.3 Å². The Bertz CT molecular complexity index is 365. The molecule has 0 amide bonds. The molecule has 3 atom stereocenters. The van der Waals surface area contributed by atoms with Gasteiger partial charge in [0.1, 0.15) is 0 Å². The van der Waals surface area contributed by atoms with Crippen LogP contribution in [0.25, 0.3) is 0 Å². The van der Waals surface area contributed by atoms with Crippen molar-refractivity contribution in [2.45, 2.75) is 31.7 Å². The first-order valence-electron chi connectivity index (χ1n) is 6.01.